The highest BCUT2D eigenvalue weighted by Gasteiger charge is 1.98. The molecule has 0 saturated carbocycles. The van der Waals surface area contributed by atoms with Gasteiger partial charge in [-0.15, -0.1) is 0 Å². The molecule has 0 aliphatic carbocycles. The van der Waals surface area contributed by atoms with E-state index in [0.717, 1.165) is 32.3 Å². The Bertz CT molecular complexity index is 154. The third-order valence-electron chi connectivity index (χ3n) is 1.89. The number of hydrogen-bond donors (Lipinski definition) is 2. The van der Waals surface area contributed by atoms with Crippen LogP contribution in [0.3, 0.4) is 0 Å². The monoisotopic (exact) mass is 218 g/mol. The first kappa shape index (κ1) is 14.2. The van der Waals surface area contributed by atoms with Crippen molar-refractivity contribution in [1.29, 1.82) is 0 Å². The molecule has 0 aromatic rings. The van der Waals surface area contributed by atoms with Gasteiger partial charge in [-0.2, -0.15) is 0 Å². The van der Waals surface area contributed by atoms with Gasteiger partial charge in [-0.1, -0.05) is 6.42 Å². The summed E-state index contributed by atoms with van der Waals surface area (Å²) in [5.74, 6) is 0. The summed E-state index contributed by atoms with van der Waals surface area (Å²) in [6.45, 7) is 2.18. The van der Waals surface area contributed by atoms with Crippen molar-refractivity contribution < 1.29 is 14.3 Å². The molecule has 15 heavy (non-hydrogen) atoms. The second-order valence-electron chi connectivity index (χ2n) is 3.26. The zero-order chi connectivity index (χ0) is 11.4. The SMILES string of the molecule is COCCCCCCOC(=O)NCCN. The molecule has 0 aromatic carbocycles. The van der Waals surface area contributed by atoms with E-state index < -0.39 is 0 Å². The van der Waals surface area contributed by atoms with Crippen LogP contribution in [0, 0.1) is 0 Å². The molecular weight excluding hydrogens is 196 g/mol. The Labute approximate surface area is 91.3 Å². The molecule has 0 heterocycles. The maximum atomic E-state index is 10.9. The van der Waals surface area contributed by atoms with Crippen LogP contribution < -0.4 is 11.1 Å². The van der Waals surface area contributed by atoms with Gasteiger partial charge in [0, 0.05) is 26.8 Å². The molecule has 0 saturated heterocycles. The topological polar surface area (TPSA) is 73.6 Å². The van der Waals surface area contributed by atoms with Crippen molar-refractivity contribution in [2.75, 3.05) is 33.4 Å². The van der Waals surface area contributed by atoms with Gasteiger partial charge in [0.05, 0.1) is 6.61 Å². The molecule has 90 valence electrons. The number of carbonyl (C=O) groups is 1. The van der Waals surface area contributed by atoms with Crippen molar-refractivity contribution in [3.05, 3.63) is 0 Å². The molecule has 3 N–H and O–H groups in total. The van der Waals surface area contributed by atoms with Gasteiger partial charge in [0.2, 0.25) is 0 Å². The molecule has 0 rings (SSSR count). The fourth-order valence-corrected chi connectivity index (χ4v) is 1.09. The number of amides is 1. The number of rotatable bonds is 9. The molecule has 0 fully saturated rings. The van der Waals surface area contributed by atoms with Crippen LogP contribution in [0.4, 0.5) is 4.79 Å². The Morgan fingerprint density at radius 3 is 2.47 bits per heavy atom. The molecule has 0 aliphatic rings. The lowest BCUT2D eigenvalue weighted by Gasteiger charge is -2.05. The zero-order valence-electron chi connectivity index (χ0n) is 9.46. The van der Waals surface area contributed by atoms with Crippen molar-refractivity contribution in [2.24, 2.45) is 5.73 Å². The summed E-state index contributed by atoms with van der Waals surface area (Å²) in [5.41, 5.74) is 5.22. The van der Waals surface area contributed by atoms with E-state index >= 15 is 0 Å². The predicted octanol–water partition coefficient (Wildman–Crippen LogP) is 0.878. The number of carbonyl (C=O) groups excluding carboxylic acids is 1. The summed E-state index contributed by atoms with van der Waals surface area (Å²) in [6, 6.07) is 0. The van der Waals surface area contributed by atoms with E-state index in [4.69, 9.17) is 15.2 Å². The fourth-order valence-electron chi connectivity index (χ4n) is 1.09. The Morgan fingerprint density at radius 1 is 1.20 bits per heavy atom. The van der Waals surface area contributed by atoms with Gasteiger partial charge in [-0.25, -0.2) is 4.79 Å². The maximum absolute atomic E-state index is 10.9. The number of alkyl carbamates (subject to hydrolysis) is 1. The van der Waals surface area contributed by atoms with Gasteiger partial charge >= 0.3 is 6.09 Å². The normalized spacial score (nSPS) is 10.0. The minimum absolute atomic E-state index is 0.377. The predicted molar refractivity (Wildman–Crippen MR) is 58.7 cm³/mol. The van der Waals surface area contributed by atoms with Crippen LogP contribution in [-0.2, 0) is 9.47 Å². The number of nitrogens with one attached hydrogen (secondary N) is 1. The molecule has 0 aliphatic heterocycles. The Kier molecular flexibility index (Phi) is 10.7. The second kappa shape index (κ2) is 11.3. The Morgan fingerprint density at radius 2 is 1.87 bits per heavy atom. The lowest BCUT2D eigenvalue weighted by atomic mass is 10.2. The summed E-state index contributed by atoms with van der Waals surface area (Å²) in [7, 11) is 1.70. The highest BCUT2D eigenvalue weighted by Crippen LogP contribution is 2.00. The van der Waals surface area contributed by atoms with Crippen LogP contribution in [0.1, 0.15) is 25.7 Å². The van der Waals surface area contributed by atoms with Gasteiger partial charge in [0.1, 0.15) is 0 Å². The van der Waals surface area contributed by atoms with Gasteiger partial charge in [0.15, 0.2) is 0 Å². The van der Waals surface area contributed by atoms with Crippen molar-refractivity contribution in [3.63, 3.8) is 0 Å². The standard InChI is InChI=1S/C10H22N2O3/c1-14-8-4-2-3-5-9-15-10(13)12-7-6-11/h2-9,11H2,1H3,(H,12,13). The first-order valence-corrected chi connectivity index (χ1v) is 5.41. The van der Waals surface area contributed by atoms with Gasteiger partial charge in [-0.05, 0) is 19.3 Å². The third-order valence-corrected chi connectivity index (χ3v) is 1.89. The molecular formula is C10H22N2O3. The van der Waals surface area contributed by atoms with Gasteiger partial charge in [0.25, 0.3) is 0 Å². The van der Waals surface area contributed by atoms with Crippen LogP contribution >= 0.6 is 0 Å². The van der Waals surface area contributed by atoms with E-state index in [1.807, 2.05) is 0 Å². The van der Waals surface area contributed by atoms with E-state index in [1.54, 1.807) is 7.11 Å². The van der Waals surface area contributed by atoms with Crippen LogP contribution in [0.15, 0.2) is 0 Å². The van der Waals surface area contributed by atoms with Crippen molar-refractivity contribution in [3.8, 4) is 0 Å². The number of hydrogen-bond acceptors (Lipinski definition) is 4. The number of methoxy groups -OCH3 is 1. The summed E-state index contributed by atoms with van der Waals surface area (Å²) in [6.07, 6.45) is 3.77. The number of nitrogens with two attached hydrogens (primary N) is 1. The van der Waals surface area contributed by atoms with E-state index in [-0.39, 0.29) is 6.09 Å². The van der Waals surface area contributed by atoms with E-state index in [0.29, 0.717) is 19.7 Å². The van der Waals surface area contributed by atoms with E-state index in [1.165, 1.54) is 0 Å². The quantitative estimate of drug-likeness (QED) is 0.563. The minimum Gasteiger partial charge on any atom is -0.450 e. The molecule has 0 unspecified atom stereocenters. The van der Waals surface area contributed by atoms with Crippen LogP contribution in [-0.4, -0.2) is 39.5 Å². The zero-order valence-corrected chi connectivity index (χ0v) is 9.46. The summed E-state index contributed by atoms with van der Waals surface area (Å²) >= 11 is 0. The average Bonchev–Trinajstić information content (AvgIpc) is 2.25. The smallest absolute Gasteiger partial charge is 0.407 e. The van der Waals surface area contributed by atoms with Crippen LogP contribution in [0.5, 0.6) is 0 Å². The molecule has 5 nitrogen and oxygen atoms in total. The molecule has 0 bridgehead atoms. The largest absolute Gasteiger partial charge is 0.450 e. The molecule has 0 spiro atoms. The molecule has 0 radical (unpaired) electrons. The fraction of sp³-hybridized carbons (Fsp3) is 0.900. The van der Waals surface area contributed by atoms with Crippen molar-refractivity contribution in [2.45, 2.75) is 25.7 Å². The molecule has 0 atom stereocenters. The number of ether oxygens (including phenoxy) is 2. The first-order chi connectivity index (χ1) is 7.31. The summed E-state index contributed by atoms with van der Waals surface area (Å²) in [4.78, 5) is 10.9. The van der Waals surface area contributed by atoms with Crippen molar-refractivity contribution >= 4 is 6.09 Å². The van der Waals surface area contributed by atoms with E-state index in [9.17, 15) is 4.79 Å². The minimum atomic E-state index is -0.377. The molecule has 1 amide bonds. The number of unbranched alkanes of at least 4 members (excludes halogenated alkanes) is 3. The van der Waals surface area contributed by atoms with E-state index in [2.05, 4.69) is 5.32 Å². The Balaban J connectivity index is 3.06. The average molecular weight is 218 g/mol. The highest BCUT2D eigenvalue weighted by atomic mass is 16.5. The maximum Gasteiger partial charge on any atom is 0.407 e. The van der Waals surface area contributed by atoms with Crippen LogP contribution in [0.2, 0.25) is 0 Å². The lowest BCUT2D eigenvalue weighted by Crippen LogP contribution is -2.29. The first-order valence-electron chi connectivity index (χ1n) is 5.41. The third kappa shape index (κ3) is 11.1. The summed E-state index contributed by atoms with van der Waals surface area (Å²) in [5, 5.41) is 2.54. The molecule has 5 heteroatoms. The Hall–Kier alpha value is -0.810. The van der Waals surface area contributed by atoms with Crippen LogP contribution in [0.25, 0.3) is 0 Å². The highest BCUT2D eigenvalue weighted by molar-refractivity contribution is 5.66. The van der Waals surface area contributed by atoms with Gasteiger partial charge in [-0.3, -0.25) is 0 Å². The van der Waals surface area contributed by atoms with Crippen molar-refractivity contribution in [1.82, 2.24) is 5.32 Å². The lowest BCUT2D eigenvalue weighted by molar-refractivity contribution is 0.143. The summed E-state index contributed by atoms with van der Waals surface area (Å²) < 4.78 is 9.84. The second-order valence-corrected chi connectivity index (χ2v) is 3.26. The molecule has 0 aromatic heterocycles. The van der Waals surface area contributed by atoms with Gasteiger partial charge < -0.3 is 20.5 Å².